The number of aryl methyl sites for hydroxylation is 2. The van der Waals surface area contributed by atoms with Gasteiger partial charge in [-0.25, -0.2) is 0 Å². The van der Waals surface area contributed by atoms with Gasteiger partial charge in [-0.15, -0.1) is 0 Å². The van der Waals surface area contributed by atoms with E-state index in [2.05, 4.69) is 16.3 Å². The van der Waals surface area contributed by atoms with Crippen LogP contribution in [0.1, 0.15) is 56.1 Å². The Morgan fingerprint density at radius 1 is 1.17 bits per heavy atom. The van der Waals surface area contributed by atoms with Crippen molar-refractivity contribution in [2.24, 2.45) is 5.92 Å². The van der Waals surface area contributed by atoms with Crippen LogP contribution in [0, 0.1) is 19.8 Å². The van der Waals surface area contributed by atoms with E-state index in [0.717, 1.165) is 29.3 Å². The maximum Gasteiger partial charge on any atom is 0.238 e. The maximum absolute atomic E-state index is 12.6. The molecule has 4 heteroatoms. The van der Waals surface area contributed by atoms with E-state index >= 15 is 0 Å². The average Bonchev–Trinajstić information content (AvgIpc) is 3.36. The van der Waals surface area contributed by atoms with Gasteiger partial charge < -0.3 is 5.32 Å². The van der Waals surface area contributed by atoms with E-state index in [4.69, 9.17) is 11.6 Å². The van der Waals surface area contributed by atoms with E-state index in [1.54, 1.807) is 0 Å². The van der Waals surface area contributed by atoms with Crippen LogP contribution < -0.4 is 5.32 Å². The normalized spacial score (nSPS) is 18.8. The van der Waals surface area contributed by atoms with Crippen LogP contribution in [-0.2, 0) is 4.79 Å². The van der Waals surface area contributed by atoms with E-state index in [1.165, 1.54) is 44.9 Å². The molecular formula is C20H29ClN2O. The lowest BCUT2D eigenvalue weighted by atomic mass is 9.89. The lowest BCUT2D eigenvalue weighted by molar-refractivity contribution is -0.117. The second-order valence-corrected chi connectivity index (χ2v) is 8.06. The van der Waals surface area contributed by atoms with Gasteiger partial charge in [0.2, 0.25) is 5.91 Å². The van der Waals surface area contributed by atoms with Crippen LogP contribution in [0.5, 0.6) is 0 Å². The molecular weight excluding hydrogens is 320 g/mol. The molecule has 2 fully saturated rings. The number of amides is 1. The van der Waals surface area contributed by atoms with Gasteiger partial charge in [0.1, 0.15) is 0 Å². The lowest BCUT2D eigenvalue weighted by Gasteiger charge is -2.29. The third-order valence-electron chi connectivity index (χ3n) is 5.32. The van der Waals surface area contributed by atoms with E-state index in [-0.39, 0.29) is 5.91 Å². The molecule has 0 unspecified atom stereocenters. The van der Waals surface area contributed by atoms with Crippen molar-refractivity contribution in [2.75, 3.05) is 18.4 Å². The molecule has 132 valence electrons. The largest absolute Gasteiger partial charge is 0.323 e. The predicted molar refractivity (Wildman–Crippen MR) is 101 cm³/mol. The Bertz CT molecular complexity index is 568. The van der Waals surface area contributed by atoms with Crippen LogP contribution >= 0.6 is 11.6 Å². The summed E-state index contributed by atoms with van der Waals surface area (Å²) in [6.45, 7) is 5.59. The maximum atomic E-state index is 12.6. The minimum atomic E-state index is 0.0616. The first kappa shape index (κ1) is 17.8. The number of hydrogen-bond acceptors (Lipinski definition) is 2. The number of carbonyl (C=O) groups is 1. The molecule has 0 aliphatic heterocycles. The third-order valence-corrected chi connectivity index (χ3v) is 5.62. The zero-order valence-corrected chi connectivity index (χ0v) is 15.7. The van der Waals surface area contributed by atoms with Crippen molar-refractivity contribution in [2.45, 2.75) is 64.8 Å². The molecule has 0 atom stereocenters. The van der Waals surface area contributed by atoms with Gasteiger partial charge in [0.25, 0.3) is 0 Å². The van der Waals surface area contributed by atoms with Gasteiger partial charge in [-0.1, -0.05) is 36.9 Å². The first-order chi connectivity index (χ1) is 11.5. The number of hydrogen-bond donors (Lipinski definition) is 1. The van der Waals surface area contributed by atoms with Crippen LogP contribution in [0.4, 0.5) is 5.69 Å². The Kier molecular flexibility index (Phi) is 5.83. The number of nitrogens with one attached hydrogen (secondary N) is 1. The number of carbonyl (C=O) groups excluding carboxylic acids is 1. The molecule has 0 spiro atoms. The SMILES string of the molecule is Cc1cc(C)c(NC(=O)CN(CC2CCCCC2)C2CC2)c(Cl)c1. The van der Waals surface area contributed by atoms with Gasteiger partial charge in [-0.3, -0.25) is 9.69 Å². The van der Waals surface area contributed by atoms with Crippen LogP contribution in [0.2, 0.25) is 5.02 Å². The topological polar surface area (TPSA) is 32.3 Å². The molecule has 0 aromatic heterocycles. The van der Waals surface area contributed by atoms with E-state index in [1.807, 2.05) is 19.9 Å². The summed E-state index contributed by atoms with van der Waals surface area (Å²) in [4.78, 5) is 15.0. The fourth-order valence-electron chi connectivity index (χ4n) is 3.92. The summed E-state index contributed by atoms with van der Waals surface area (Å²) in [5.74, 6) is 0.836. The molecule has 0 radical (unpaired) electrons. The highest BCUT2D eigenvalue weighted by Gasteiger charge is 2.32. The lowest BCUT2D eigenvalue weighted by Crippen LogP contribution is -2.38. The quantitative estimate of drug-likeness (QED) is 0.789. The summed E-state index contributed by atoms with van der Waals surface area (Å²) in [5.41, 5.74) is 2.91. The summed E-state index contributed by atoms with van der Waals surface area (Å²) >= 11 is 6.32. The van der Waals surface area contributed by atoms with Crippen LogP contribution in [0.3, 0.4) is 0 Å². The Labute approximate surface area is 150 Å². The van der Waals surface area contributed by atoms with Crippen LogP contribution in [0.15, 0.2) is 12.1 Å². The van der Waals surface area contributed by atoms with Gasteiger partial charge in [0.05, 0.1) is 17.3 Å². The fourth-order valence-corrected chi connectivity index (χ4v) is 4.29. The number of rotatable bonds is 6. The first-order valence-corrected chi connectivity index (χ1v) is 9.71. The smallest absolute Gasteiger partial charge is 0.238 e. The highest BCUT2D eigenvalue weighted by atomic mass is 35.5. The molecule has 0 bridgehead atoms. The molecule has 2 aliphatic carbocycles. The standard InChI is InChI=1S/C20H29ClN2O/c1-14-10-15(2)20(18(21)11-14)22-19(24)13-23(17-8-9-17)12-16-6-4-3-5-7-16/h10-11,16-17H,3-9,12-13H2,1-2H3,(H,22,24). The second-order valence-electron chi connectivity index (χ2n) is 7.65. The average molecular weight is 349 g/mol. The molecule has 1 amide bonds. The number of halogens is 1. The van der Waals surface area contributed by atoms with E-state index < -0.39 is 0 Å². The predicted octanol–water partition coefficient (Wildman–Crippen LogP) is 4.94. The molecule has 3 nitrogen and oxygen atoms in total. The van der Waals surface area contributed by atoms with Crippen molar-refractivity contribution in [1.82, 2.24) is 4.90 Å². The van der Waals surface area contributed by atoms with E-state index in [9.17, 15) is 4.79 Å². The molecule has 1 aromatic carbocycles. The van der Waals surface area contributed by atoms with Crippen LogP contribution in [0.25, 0.3) is 0 Å². The summed E-state index contributed by atoms with van der Waals surface area (Å²) in [6.07, 6.45) is 9.22. The monoisotopic (exact) mass is 348 g/mol. The Hall–Kier alpha value is -1.06. The summed E-state index contributed by atoms with van der Waals surface area (Å²) < 4.78 is 0. The molecule has 0 heterocycles. The molecule has 1 N–H and O–H groups in total. The number of anilines is 1. The van der Waals surface area contributed by atoms with Gasteiger partial charge in [0.15, 0.2) is 0 Å². The van der Waals surface area contributed by atoms with E-state index in [0.29, 0.717) is 17.6 Å². The first-order valence-electron chi connectivity index (χ1n) is 9.33. The van der Waals surface area contributed by atoms with Crippen molar-refractivity contribution in [1.29, 1.82) is 0 Å². The number of nitrogens with zero attached hydrogens (tertiary/aromatic N) is 1. The molecule has 1 aromatic rings. The molecule has 2 saturated carbocycles. The van der Waals surface area contributed by atoms with Gasteiger partial charge in [-0.05, 0) is 62.6 Å². The fraction of sp³-hybridized carbons (Fsp3) is 0.650. The van der Waals surface area contributed by atoms with Crippen molar-refractivity contribution in [3.05, 3.63) is 28.3 Å². The molecule has 0 saturated heterocycles. The molecule has 2 aliphatic rings. The highest BCUT2D eigenvalue weighted by Crippen LogP contribution is 2.32. The zero-order chi connectivity index (χ0) is 17.1. The van der Waals surface area contributed by atoms with Gasteiger partial charge in [0, 0.05) is 12.6 Å². The highest BCUT2D eigenvalue weighted by molar-refractivity contribution is 6.34. The van der Waals surface area contributed by atoms with Gasteiger partial charge >= 0.3 is 0 Å². The zero-order valence-electron chi connectivity index (χ0n) is 14.9. The Morgan fingerprint density at radius 3 is 2.50 bits per heavy atom. The summed E-state index contributed by atoms with van der Waals surface area (Å²) in [5, 5.41) is 3.67. The minimum Gasteiger partial charge on any atom is -0.323 e. The van der Waals surface area contributed by atoms with Gasteiger partial charge in [-0.2, -0.15) is 0 Å². The Morgan fingerprint density at radius 2 is 1.88 bits per heavy atom. The second kappa shape index (κ2) is 7.88. The minimum absolute atomic E-state index is 0.0616. The van der Waals surface area contributed by atoms with Crippen molar-refractivity contribution >= 4 is 23.2 Å². The Balaban J connectivity index is 1.59. The van der Waals surface area contributed by atoms with Crippen molar-refractivity contribution in [3.63, 3.8) is 0 Å². The molecule has 24 heavy (non-hydrogen) atoms. The summed E-state index contributed by atoms with van der Waals surface area (Å²) in [7, 11) is 0. The van der Waals surface area contributed by atoms with Crippen molar-refractivity contribution < 1.29 is 4.79 Å². The van der Waals surface area contributed by atoms with Crippen molar-refractivity contribution in [3.8, 4) is 0 Å². The third kappa shape index (κ3) is 4.73. The summed E-state index contributed by atoms with van der Waals surface area (Å²) in [6, 6.07) is 4.58. The molecule has 3 rings (SSSR count). The van der Waals surface area contributed by atoms with Crippen LogP contribution in [-0.4, -0.2) is 29.9 Å². The number of benzene rings is 1.